The summed E-state index contributed by atoms with van der Waals surface area (Å²) in [5.74, 6) is 1.12. The minimum absolute atomic E-state index is 0.0872. The normalized spacial score (nSPS) is 12.0. The van der Waals surface area contributed by atoms with Crippen LogP contribution in [0, 0.1) is 13.8 Å². The Morgan fingerprint density at radius 2 is 1.87 bits per heavy atom. The summed E-state index contributed by atoms with van der Waals surface area (Å²) in [6.07, 6.45) is 1.60. The first-order chi connectivity index (χ1) is 14.5. The van der Waals surface area contributed by atoms with Crippen LogP contribution in [0.2, 0.25) is 0 Å². The van der Waals surface area contributed by atoms with Gasteiger partial charge in [0, 0.05) is 11.4 Å². The molecule has 2 aromatic carbocycles. The molecule has 2 aromatic heterocycles. The average molecular weight is 419 g/mol. The van der Waals surface area contributed by atoms with Crippen LogP contribution in [0.3, 0.4) is 0 Å². The summed E-state index contributed by atoms with van der Waals surface area (Å²) in [6.45, 7) is 5.85. The Labute approximate surface area is 179 Å². The molecule has 0 fully saturated rings. The highest BCUT2D eigenvalue weighted by atomic mass is 32.2. The number of hydrogen-bond acceptors (Lipinski definition) is 5. The summed E-state index contributed by atoms with van der Waals surface area (Å²) in [5, 5.41) is 11.9. The van der Waals surface area contributed by atoms with Crippen LogP contribution < -0.4 is 5.32 Å². The lowest BCUT2D eigenvalue weighted by atomic mass is 10.1. The third-order valence-corrected chi connectivity index (χ3v) is 5.73. The number of para-hydroxylation sites is 1. The van der Waals surface area contributed by atoms with Gasteiger partial charge in [-0.2, -0.15) is 0 Å². The third kappa shape index (κ3) is 4.16. The fourth-order valence-electron chi connectivity index (χ4n) is 3.04. The second-order valence-electron chi connectivity index (χ2n) is 7.02. The molecule has 0 aliphatic heterocycles. The molecule has 30 heavy (non-hydrogen) atoms. The summed E-state index contributed by atoms with van der Waals surface area (Å²) in [5.41, 5.74) is 3.86. The largest absolute Gasteiger partial charge is 0.461 e. The van der Waals surface area contributed by atoms with Crippen molar-refractivity contribution in [3.8, 4) is 17.3 Å². The van der Waals surface area contributed by atoms with E-state index in [9.17, 15) is 4.79 Å². The quantitative estimate of drug-likeness (QED) is 0.432. The Kier molecular flexibility index (Phi) is 5.72. The SMILES string of the molecule is Cc1ccc(C)c(NC(=O)C(C)Sc2nnc(-c3ccco3)n2-c2ccccc2)c1. The zero-order chi connectivity index (χ0) is 21.1. The minimum atomic E-state index is -0.374. The highest BCUT2D eigenvalue weighted by Gasteiger charge is 2.23. The third-order valence-electron chi connectivity index (χ3n) is 4.69. The zero-order valence-electron chi connectivity index (χ0n) is 17.0. The van der Waals surface area contributed by atoms with Gasteiger partial charge in [-0.1, -0.05) is 42.1 Å². The van der Waals surface area contributed by atoms with E-state index < -0.39 is 0 Å². The number of anilines is 1. The summed E-state index contributed by atoms with van der Waals surface area (Å²) < 4.78 is 7.45. The second kappa shape index (κ2) is 8.59. The van der Waals surface area contributed by atoms with Crippen LogP contribution in [-0.2, 0) is 4.79 Å². The smallest absolute Gasteiger partial charge is 0.237 e. The van der Waals surface area contributed by atoms with Gasteiger partial charge in [-0.3, -0.25) is 9.36 Å². The molecule has 1 amide bonds. The molecule has 0 aliphatic carbocycles. The molecule has 0 radical (unpaired) electrons. The Morgan fingerprint density at radius 3 is 2.60 bits per heavy atom. The number of benzene rings is 2. The van der Waals surface area contributed by atoms with Crippen molar-refractivity contribution < 1.29 is 9.21 Å². The van der Waals surface area contributed by atoms with Gasteiger partial charge in [0.05, 0.1) is 11.5 Å². The molecular formula is C23H22N4O2S. The maximum atomic E-state index is 12.9. The van der Waals surface area contributed by atoms with Gasteiger partial charge >= 0.3 is 0 Å². The predicted molar refractivity (Wildman–Crippen MR) is 119 cm³/mol. The van der Waals surface area contributed by atoms with Crippen LogP contribution >= 0.6 is 11.8 Å². The topological polar surface area (TPSA) is 73.0 Å². The number of nitrogens with one attached hydrogen (secondary N) is 1. The number of amides is 1. The van der Waals surface area contributed by atoms with Gasteiger partial charge in [-0.15, -0.1) is 10.2 Å². The van der Waals surface area contributed by atoms with E-state index >= 15 is 0 Å². The van der Waals surface area contributed by atoms with Crippen LogP contribution in [0.15, 0.2) is 76.5 Å². The Hall–Kier alpha value is -3.32. The molecule has 0 saturated carbocycles. The Bertz CT molecular complexity index is 1150. The number of carbonyl (C=O) groups is 1. The zero-order valence-corrected chi connectivity index (χ0v) is 17.8. The van der Waals surface area contributed by atoms with E-state index in [0.717, 1.165) is 22.5 Å². The number of aryl methyl sites for hydroxylation is 2. The lowest BCUT2D eigenvalue weighted by Gasteiger charge is -2.15. The highest BCUT2D eigenvalue weighted by molar-refractivity contribution is 8.00. The van der Waals surface area contributed by atoms with Crippen LogP contribution in [0.5, 0.6) is 0 Å². The van der Waals surface area contributed by atoms with Crippen LogP contribution in [0.4, 0.5) is 5.69 Å². The first-order valence-corrected chi connectivity index (χ1v) is 10.5. The first kappa shape index (κ1) is 20.0. The number of aromatic nitrogens is 3. The maximum Gasteiger partial charge on any atom is 0.237 e. The van der Waals surface area contributed by atoms with Crippen molar-refractivity contribution in [3.05, 3.63) is 78.1 Å². The van der Waals surface area contributed by atoms with Crippen molar-refractivity contribution >= 4 is 23.4 Å². The lowest BCUT2D eigenvalue weighted by molar-refractivity contribution is -0.115. The number of carbonyl (C=O) groups excluding carboxylic acids is 1. The van der Waals surface area contributed by atoms with E-state index in [1.807, 2.05) is 86.0 Å². The molecule has 7 heteroatoms. The molecule has 0 aliphatic rings. The lowest BCUT2D eigenvalue weighted by Crippen LogP contribution is -2.23. The summed E-state index contributed by atoms with van der Waals surface area (Å²) in [7, 11) is 0. The van der Waals surface area contributed by atoms with Crippen molar-refractivity contribution in [3.63, 3.8) is 0 Å². The molecule has 0 bridgehead atoms. The predicted octanol–water partition coefficient (Wildman–Crippen LogP) is 5.26. The second-order valence-corrected chi connectivity index (χ2v) is 8.33. The van der Waals surface area contributed by atoms with Crippen molar-refractivity contribution in [2.45, 2.75) is 31.2 Å². The number of furan rings is 1. The van der Waals surface area contributed by atoms with Gasteiger partial charge in [-0.05, 0) is 62.2 Å². The van der Waals surface area contributed by atoms with Gasteiger partial charge in [0.1, 0.15) is 0 Å². The summed E-state index contributed by atoms with van der Waals surface area (Å²) in [4.78, 5) is 12.9. The van der Waals surface area contributed by atoms with Crippen LogP contribution in [-0.4, -0.2) is 25.9 Å². The summed E-state index contributed by atoms with van der Waals surface area (Å²) in [6, 6.07) is 19.5. The van der Waals surface area contributed by atoms with Gasteiger partial charge < -0.3 is 9.73 Å². The fourth-order valence-corrected chi connectivity index (χ4v) is 3.91. The van der Waals surface area contributed by atoms with Gasteiger partial charge in [0.25, 0.3) is 0 Å². The average Bonchev–Trinajstić information content (AvgIpc) is 3.41. The number of hydrogen-bond donors (Lipinski definition) is 1. The molecule has 152 valence electrons. The van der Waals surface area contributed by atoms with Gasteiger partial charge in [0.2, 0.25) is 11.7 Å². The minimum Gasteiger partial charge on any atom is -0.461 e. The highest BCUT2D eigenvalue weighted by Crippen LogP contribution is 2.31. The van der Waals surface area contributed by atoms with E-state index in [2.05, 4.69) is 15.5 Å². The molecule has 4 rings (SSSR count). The molecule has 4 aromatic rings. The number of nitrogens with zero attached hydrogens (tertiary/aromatic N) is 3. The van der Waals surface area contributed by atoms with Crippen molar-refractivity contribution in [1.29, 1.82) is 0 Å². The van der Waals surface area contributed by atoms with Crippen molar-refractivity contribution in [1.82, 2.24) is 14.8 Å². The molecule has 6 nitrogen and oxygen atoms in total. The molecule has 1 unspecified atom stereocenters. The van der Waals surface area contributed by atoms with E-state index in [1.165, 1.54) is 11.8 Å². The van der Waals surface area contributed by atoms with Crippen LogP contribution in [0.1, 0.15) is 18.1 Å². The van der Waals surface area contributed by atoms with E-state index in [4.69, 9.17) is 4.42 Å². The number of rotatable bonds is 6. The first-order valence-electron chi connectivity index (χ1n) is 9.62. The standard InChI is InChI=1S/C23H22N4O2S/c1-15-11-12-16(2)19(14-15)24-22(28)17(3)30-23-26-25-21(20-10-7-13-29-20)27(23)18-8-5-4-6-9-18/h4-14,17H,1-3H3,(H,24,28). The molecule has 0 spiro atoms. The summed E-state index contributed by atoms with van der Waals surface area (Å²) >= 11 is 1.36. The van der Waals surface area contributed by atoms with Gasteiger partial charge in [0.15, 0.2) is 10.9 Å². The van der Waals surface area contributed by atoms with E-state index in [0.29, 0.717) is 16.7 Å². The molecule has 1 atom stereocenters. The number of thioether (sulfide) groups is 1. The van der Waals surface area contributed by atoms with E-state index in [1.54, 1.807) is 6.26 Å². The molecule has 2 heterocycles. The van der Waals surface area contributed by atoms with Crippen molar-refractivity contribution in [2.24, 2.45) is 0 Å². The Morgan fingerprint density at radius 1 is 1.07 bits per heavy atom. The monoisotopic (exact) mass is 418 g/mol. The van der Waals surface area contributed by atoms with Crippen molar-refractivity contribution in [2.75, 3.05) is 5.32 Å². The van der Waals surface area contributed by atoms with Crippen LogP contribution in [0.25, 0.3) is 17.3 Å². The molecule has 1 N–H and O–H groups in total. The fraction of sp³-hybridized carbons (Fsp3) is 0.174. The van der Waals surface area contributed by atoms with E-state index in [-0.39, 0.29) is 11.2 Å². The molecular weight excluding hydrogens is 396 g/mol. The Balaban J connectivity index is 1.61. The van der Waals surface area contributed by atoms with Gasteiger partial charge in [-0.25, -0.2) is 0 Å². The molecule has 0 saturated heterocycles. The maximum absolute atomic E-state index is 12.9.